The van der Waals surface area contributed by atoms with Crippen molar-refractivity contribution in [1.29, 1.82) is 0 Å². The van der Waals surface area contributed by atoms with Crippen molar-refractivity contribution < 1.29 is 19.4 Å². The first-order chi connectivity index (χ1) is 10.1. The zero-order chi connectivity index (χ0) is 15.1. The van der Waals surface area contributed by atoms with Gasteiger partial charge in [-0.1, -0.05) is 30.3 Å². The van der Waals surface area contributed by atoms with Gasteiger partial charge in [0.25, 0.3) is 0 Å². The molecule has 1 atom stereocenters. The summed E-state index contributed by atoms with van der Waals surface area (Å²) in [5.74, 6) is 0.458. The van der Waals surface area contributed by atoms with Gasteiger partial charge in [0.2, 0.25) is 0 Å². The molecule has 21 heavy (non-hydrogen) atoms. The number of likely N-dealkylation sites (tertiary alicyclic amines) is 1. The van der Waals surface area contributed by atoms with Crippen LogP contribution >= 0.6 is 11.8 Å². The Labute approximate surface area is 128 Å². The van der Waals surface area contributed by atoms with E-state index < -0.39 is 5.97 Å². The van der Waals surface area contributed by atoms with Crippen LogP contribution in [0.15, 0.2) is 30.3 Å². The zero-order valence-corrected chi connectivity index (χ0v) is 12.6. The number of carboxylic acid groups (broad SMARTS) is 1. The Morgan fingerprint density at radius 3 is 2.81 bits per heavy atom. The quantitative estimate of drug-likeness (QED) is 0.874. The second kappa shape index (κ2) is 7.93. The first-order valence-corrected chi connectivity index (χ1v) is 8.06. The molecular weight excluding hydrogens is 290 g/mol. The molecule has 0 bridgehead atoms. The van der Waals surface area contributed by atoms with Crippen LogP contribution in [-0.2, 0) is 16.1 Å². The van der Waals surface area contributed by atoms with Crippen LogP contribution < -0.4 is 0 Å². The molecule has 5 nitrogen and oxygen atoms in total. The molecule has 114 valence electrons. The van der Waals surface area contributed by atoms with E-state index in [1.54, 1.807) is 4.90 Å². The minimum atomic E-state index is -0.794. The summed E-state index contributed by atoms with van der Waals surface area (Å²) in [5, 5.41) is 8.60. The maximum Gasteiger partial charge on any atom is 0.410 e. The predicted molar refractivity (Wildman–Crippen MR) is 81.3 cm³/mol. The average Bonchev–Trinajstić information content (AvgIpc) is 2.94. The normalized spacial score (nSPS) is 17.7. The minimum Gasteiger partial charge on any atom is -0.481 e. The van der Waals surface area contributed by atoms with Gasteiger partial charge in [-0.3, -0.25) is 4.79 Å². The number of hydrogen-bond acceptors (Lipinski definition) is 4. The molecule has 1 fully saturated rings. The lowest BCUT2D eigenvalue weighted by Crippen LogP contribution is -2.29. The van der Waals surface area contributed by atoms with Crippen LogP contribution in [0.4, 0.5) is 4.79 Å². The highest BCUT2D eigenvalue weighted by molar-refractivity contribution is 7.99. The first kappa shape index (κ1) is 15.7. The van der Waals surface area contributed by atoms with E-state index in [4.69, 9.17) is 9.84 Å². The summed E-state index contributed by atoms with van der Waals surface area (Å²) in [6.45, 7) is 1.63. The van der Waals surface area contributed by atoms with Gasteiger partial charge in [-0.05, 0) is 23.7 Å². The monoisotopic (exact) mass is 309 g/mol. The van der Waals surface area contributed by atoms with Gasteiger partial charge in [0.05, 0.1) is 5.75 Å². The van der Waals surface area contributed by atoms with Gasteiger partial charge >= 0.3 is 12.1 Å². The molecule has 1 aliphatic heterocycles. The van der Waals surface area contributed by atoms with E-state index >= 15 is 0 Å². The molecule has 0 radical (unpaired) electrons. The molecule has 0 aromatic heterocycles. The molecule has 1 aliphatic rings. The molecule has 6 heteroatoms. The fourth-order valence-corrected chi connectivity index (χ4v) is 3.16. The zero-order valence-electron chi connectivity index (χ0n) is 11.7. The van der Waals surface area contributed by atoms with Gasteiger partial charge in [0.15, 0.2) is 0 Å². The summed E-state index contributed by atoms with van der Waals surface area (Å²) in [7, 11) is 0. The molecular formula is C15H19NO4S. The van der Waals surface area contributed by atoms with Crippen molar-refractivity contribution in [2.24, 2.45) is 5.92 Å². The largest absolute Gasteiger partial charge is 0.481 e. The Morgan fingerprint density at radius 2 is 2.10 bits per heavy atom. The topological polar surface area (TPSA) is 66.8 Å². The fourth-order valence-electron chi connectivity index (χ4n) is 2.26. The smallest absolute Gasteiger partial charge is 0.410 e. The number of carboxylic acids is 1. The molecule has 1 N–H and O–H groups in total. The van der Waals surface area contributed by atoms with Gasteiger partial charge in [-0.2, -0.15) is 0 Å². The Hall–Kier alpha value is -1.69. The lowest BCUT2D eigenvalue weighted by Gasteiger charge is -2.16. The SMILES string of the molecule is O=C(O)CSC[C@H]1CCN(C(=O)OCc2ccccc2)C1. The molecule has 1 amide bonds. The number of aliphatic carboxylic acids is 1. The molecule has 1 aromatic rings. The molecule has 1 aromatic carbocycles. The molecule has 1 saturated heterocycles. The molecule has 0 aliphatic carbocycles. The van der Waals surface area contributed by atoms with Crippen LogP contribution in [0.5, 0.6) is 0 Å². The van der Waals surface area contributed by atoms with Crippen molar-refractivity contribution in [2.45, 2.75) is 13.0 Å². The number of ether oxygens (including phenoxy) is 1. The fraction of sp³-hybridized carbons (Fsp3) is 0.467. The third-order valence-electron chi connectivity index (χ3n) is 3.33. The van der Waals surface area contributed by atoms with Gasteiger partial charge < -0.3 is 14.7 Å². The Kier molecular flexibility index (Phi) is 5.92. The molecule has 1 heterocycles. The molecule has 2 rings (SSSR count). The number of thioether (sulfide) groups is 1. The number of nitrogens with zero attached hydrogens (tertiary/aromatic N) is 1. The van der Waals surface area contributed by atoms with E-state index in [0.717, 1.165) is 17.7 Å². The Morgan fingerprint density at radius 1 is 1.33 bits per heavy atom. The van der Waals surface area contributed by atoms with Crippen molar-refractivity contribution >= 4 is 23.8 Å². The number of carbonyl (C=O) groups is 2. The van der Waals surface area contributed by atoms with E-state index in [1.807, 2.05) is 30.3 Å². The number of benzene rings is 1. The van der Waals surface area contributed by atoms with Crippen LogP contribution in [0, 0.1) is 5.92 Å². The number of carbonyl (C=O) groups excluding carboxylic acids is 1. The van der Waals surface area contributed by atoms with Crippen molar-refractivity contribution in [3.8, 4) is 0 Å². The summed E-state index contributed by atoms with van der Waals surface area (Å²) < 4.78 is 5.29. The third kappa shape index (κ3) is 5.30. The van der Waals surface area contributed by atoms with Crippen molar-refractivity contribution in [3.63, 3.8) is 0 Å². The first-order valence-electron chi connectivity index (χ1n) is 6.90. The highest BCUT2D eigenvalue weighted by Crippen LogP contribution is 2.21. The standard InChI is InChI=1S/C15H19NO4S/c17-14(18)11-21-10-13-6-7-16(8-13)15(19)20-9-12-4-2-1-3-5-12/h1-5,13H,6-11H2,(H,17,18)/t13-/m0/s1. The van der Waals surface area contributed by atoms with Crippen LogP contribution in [0.3, 0.4) is 0 Å². The number of amides is 1. The average molecular weight is 309 g/mol. The van der Waals surface area contributed by atoms with Crippen LogP contribution in [0.25, 0.3) is 0 Å². The maximum absolute atomic E-state index is 11.9. The van der Waals surface area contributed by atoms with Gasteiger partial charge in [-0.15, -0.1) is 11.8 Å². The molecule has 0 saturated carbocycles. The third-order valence-corrected chi connectivity index (χ3v) is 4.49. The lowest BCUT2D eigenvalue weighted by molar-refractivity contribution is -0.133. The summed E-state index contributed by atoms with van der Waals surface area (Å²) >= 11 is 1.40. The molecule has 0 spiro atoms. The van der Waals surface area contributed by atoms with E-state index in [9.17, 15) is 9.59 Å². The van der Waals surface area contributed by atoms with Crippen molar-refractivity contribution in [3.05, 3.63) is 35.9 Å². The van der Waals surface area contributed by atoms with E-state index in [-0.39, 0.29) is 18.5 Å². The number of rotatable bonds is 6. The molecule has 0 unspecified atom stereocenters. The van der Waals surface area contributed by atoms with E-state index in [2.05, 4.69) is 0 Å². The van der Waals surface area contributed by atoms with Crippen LogP contribution in [-0.4, -0.2) is 46.7 Å². The summed E-state index contributed by atoms with van der Waals surface area (Å²) in [6.07, 6.45) is 0.622. The van der Waals surface area contributed by atoms with Gasteiger partial charge in [-0.25, -0.2) is 4.79 Å². The second-order valence-electron chi connectivity index (χ2n) is 5.05. The highest BCUT2D eigenvalue weighted by Gasteiger charge is 2.27. The van der Waals surface area contributed by atoms with Crippen LogP contribution in [0.2, 0.25) is 0 Å². The van der Waals surface area contributed by atoms with Gasteiger partial charge in [0, 0.05) is 13.1 Å². The summed E-state index contributed by atoms with van der Waals surface area (Å²) in [4.78, 5) is 24.1. The maximum atomic E-state index is 11.9. The Balaban J connectivity index is 1.68. The van der Waals surface area contributed by atoms with Crippen LogP contribution in [0.1, 0.15) is 12.0 Å². The second-order valence-corrected chi connectivity index (χ2v) is 6.08. The van der Waals surface area contributed by atoms with Gasteiger partial charge in [0.1, 0.15) is 6.61 Å². The lowest BCUT2D eigenvalue weighted by atomic mass is 10.2. The van der Waals surface area contributed by atoms with E-state index in [1.165, 1.54) is 11.8 Å². The Bertz CT molecular complexity index is 480. The predicted octanol–water partition coefficient (Wildman–Crippen LogP) is 2.46. The summed E-state index contributed by atoms with van der Waals surface area (Å²) in [5.41, 5.74) is 0.971. The van der Waals surface area contributed by atoms with Crippen molar-refractivity contribution in [2.75, 3.05) is 24.6 Å². The summed E-state index contributed by atoms with van der Waals surface area (Å²) in [6, 6.07) is 9.58. The number of hydrogen-bond donors (Lipinski definition) is 1. The minimum absolute atomic E-state index is 0.120. The van der Waals surface area contributed by atoms with Crippen molar-refractivity contribution in [1.82, 2.24) is 4.90 Å². The van der Waals surface area contributed by atoms with E-state index in [0.29, 0.717) is 19.0 Å². The highest BCUT2D eigenvalue weighted by atomic mass is 32.2.